The van der Waals surface area contributed by atoms with Gasteiger partial charge in [-0.1, -0.05) is 54.9 Å². The molecular weight excluding hydrogens is 357 g/mol. The van der Waals surface area contributed by atoms with Crippen LogP contribution in [-0.2, 0) is 9.59 Å². The predicted octanol–water partition coefficient (Wildman–Crippen LogP) is 3.57. The minimum Gasteiger partial charge on any atom is -0.325 e. The summed E-state index contributed by atoms with van der Waals surface area (Å²) in [5, 5.41) is 6.10. The zero-order valence-corrected chi connectivity index (χ0v) is 15.1. The minimum atomic E-state index is -0.487. The molecule has 2 rings (SSSR count). The van der Waals surface area contributed by atoms with E-state index in [4.69, 9.17) is 23.2 Å². The minimum absolute atomic E-state index is 0.0417. The zero-order valence-electron chi connectivity index (χ0n) is 12.7. The quantitative estimate of drug-likeness (QED) is 0.828. The fourth-order valence-corrected chi connectivity index (χ4v) is 3.18. The number of carbonyl (C=O) groups excluding carboxylic acids is 2. The number of nitrogens with zero attached hydrogens (tertiary/aromatic N) is 1. The van der Waals surface area contributed by atoms with Crippen LogP contribution in [0.4, 0.5) is 5.69 Å². The Morgan fingerprint density at radius 1 is 1.43 bits per heavy atom. The van der Waals surface area contributed by atoms with Gasteiger partial charge in [0.1, 0.15) is 5.25 Å². The van der Waals surface area contributed by atoms with E-state index < -0.39 is 5.25 Å². The van der Waals surface area contributed by atoms with E-state index in [1.54, 1.807) is 18.2 Å². The second-order valence-electron chi connectivity index (χ2n) is 5.49. The summed E-state index contributed by atoms with van der Waals surface area (Å²) in [5.41, 5.74) is 0.432. The molecule has 5 nitrogen and oxygen atoms in total. The molecule has 1 aromatic carbocycles. The molecule has 2 amide bonds. The monoisotopic (exact) mass is 373 g/mol. The number of carbonyl (C=O) groups is 2. The number of amidine groups is 1. The lowest BCUT2D eigenvalue weighted by atomic mass is 10.2. The van der Waals surface area contributed by atoms with Crippen LogP contribution in [0, 0.1) is 5.92 Å². The van der Waals surface area contributed by atoms with E-state index in [0.29, 0.717) is 28.3 Å². The number of anilines is 1. The summed E-state index contributed by atoms with van der Waals surface area (Å²) in [7, 11) is 0. The van der Waals surface area contributed by atoms with Crippen molar-refractivity contribution in [2.24, 2.45) is 10.9 Å². The van der Waals surface area contributed by atoms with Crippen LogP contribution in [0.25, 0.3) is 0 Å². The van der Waals surface area contributed by atoms with Crippen molar-refractivity contribution in [3.63, 3.8) is 0 Å². The van der Waals surface area contributed by atoms with Crippen molar-refractivity contribution in [1.29, 1.82) is 0 Å². The summed E-state index contributed by atoms with van der Waals surface area (Å²) >= 11 is 13.2. The van der Waals surface area contributed by atoms with Crippen molar-refractivity contribution < 1.29 is 9.59 Å². The SMILES string of the molecule is CC(C)CN=C1NC(=O)[C@@H](CC(=O)Nc2cccc(Cl)c2Cl)S1. The average Bonchev–Trinajstić information content (AvgIpc) is 2.82. The maximum Gasteiger partial charge on any atom is 0.240 e. The molecule has 0 bridgehead atoms. The van der Waals surface area contributed by atoms with Crippen LogP contribution in [0.3, 0.4) is 0 Å². The summed E-state index contributed by atoms with van der Waals surface area (Å²) in [5.74, 6) is -0.0934. The van der Waals surface area contributed by atoms with Crippen LogP contribution < -0.4 is 10.6 Å². The van der Waals surface area contributed by atoms with Crippen LogP contribution >= 0.6 is 35.0 Å². The van der Waals surface area contributed by atoms with Gasteiger partial charge in [-0.15, -0.1) is 0 Å². The molecule has 1 aliphatic rings. The Morgan fingerprint density at radius 3 is 2.87 bits per heavy atom. The van der Waals surface area contributed by atoms with Crippen LogP contribution in [-0.4, -0.2) is 28.8 Å². The molecule has 1 aromatic rings. The zero-order chi connectivity index (χ0) is 17.0. The number of halogens is 2. The maximum atomic E-state index is 12.1. The van der Waals surface area contributed by atoms with E-state index in [1.165, 1.54) is 11.8 Å². The van der Waals surface area contributed by atoms with Crippen LogP contribution in [0.15, 0.2) is 23.2 Å². The van der Waals surface area contributed by atoms with E-state index in [2.05, 4.69) is 15.6 Å². The molecule has 1 saturated heterocycles. The first-order chi connectivity index (χ1) is 10.9. The summed E-state index contributed by atoms with van der Waals surface area (Å²) in [6.45, 7) is 4.73. The first-order valence-electron chi connectivity index (χ1n) is 7.12. The molecule has 8 heteroatoms. The summed E-state index contributed by atoms with van der Waals surface area (Å²) in [6, 6.07) is 4.98. The third kappa shape index (κ3) is 5.12. The van der Waals surface area contributed by atoms with Gasteiger partial charge in [-0.05, 0) is 18.1 Å². The van der Waals surface area contributed by atoms with Gasteiger partial charge in [0.25, 0.3) is 0 Å². The number of hydrogen-bond donors (Lipinski definition) is 2. The molecule has 1 aliphatic heterocycles. The Hall–Kier alpha value is -1.24. The number of benzene rings is 1. The van der Waals surface area contributed by atoms with Gasteiger partial charge >= 0.3 is 0 Å². The number of aliphatic imine (C=N–C) groups is 1. The Labute approximate surface area is 149 Å². The van der Waals surface area contributed by atoms with Crippen LogP contribution in [0.2, 0.25) is 10.0 Å². The second-order valence-corrected chi connectivity index (χ2v) is 7.47. The van der Waals surface area contributed by atoms with Crippen molar-refractivity contribution in [2.75, 3.05) is 11.9 Å². The lowest BCUT2D eigenvalue weighted by molar-refractivity contribution is -0.122. The van der Waals surface area contributed by atoms with E-state index in [0.717, 1.165) is 0 Å². The molecule has 23 heavy (non-hydrogen) atoms. The second kappa shape index (κ2) is 8.04. The summed E-state index contributed by atoms with van der Waals surface area (Å²) in [4.78, 5) is 28.3. The van der Waals surface area contributed by atoms with Crippen molar-refractivity contribution in [3.05, 3.63) is 28.2 Å². The normalized spacial score (nSPS) is 19.3. The molecule has 2 N–H and O–H groups in total. The Bertz CT molecular complexity index is 650. The molecule has 0 saturated carbocycles. The van der Waals surface area contributed by atoms with E-state index >= 15 is 0 Å². The van der Waals surface area contributed by atoms with Gasteiger partial charge in [0, 0.05) is 13.0 Å². The van der Waals surface area contributed by atoms with Gasteiger partial charge in [0.2, 0.25) is 11.8 Å². The van der Waals surface area contributed by atoms with Gasteiger partial charge in [-0.3, -0.25) is 14.6 Å². The van der Waals surface area contributed by atoms with Crippen LogP contribution in [0.5, 0.6) is 0 Å². The van der Waals surface area contributed by atoms with Gasteiger partial charge in [0.05, 0.1) is 15.7 Å². The van der Waals surface area contributed by atoms with Gasteiger partial charge in [-0.25, -0.2) is 0 Å². The predicted molar refractivity (Wildman–Crippen MR) is 96.4 cm³/mol. The average molecular weight is 374 g/mol. The Balaban J connectivity index is 1.94. The van der Waals surface area contributed by atoms with Crippen molar-refractivity contribution in [3.8, 4) is 0 Å². The topological polar surface area (TPSA) is 70.6 Å². The highest BCUT2D eigenvalue weighted by Crippen LogP contribution is 2.30. The fourth-order valence-electron chi connectivity index (χ4n) is 1.85. The van der Waals surface area contributed by atoms with Gasteiger partial charge in [0.15, 0.2) is 5.17 Å². The lowest BCUT2D eigenvalue weighted by Gasteiger charge is -2.09. The first-order valence-corrected chi connectivity index (χ1v) is 8.76. The highest BCUT2D eigenvalue weighted by atomic mass is 35.5. The smallest absolute Gasteiger partial charge is 0.240 e. The molecule has 1 atom stereocenters. The third-order valence-corrected chi connectivity index (χ3v) is 4.91. The lowest BCUT2D eigenvalue weighted by Crippen LogP contribution is -2.28. The first kappa shape index (κ1) is 18.1. The number of amides is 2. The molecule has 1 fully saturated rings. The molecule has 1 heterocycles. The van der Waals surface area contributed by atoms with E-state index in [-0.39, 0.29) is 23.3 Å². The number of hydrogen-bond acceptors (Lipinski definition) is 4. The van der Waals surface area contributed by atoms with Gasteiger partial charge in [-0.2, -0.15) is 0 Å². The van der Waals surface area contributed by atoms with Crippen molar-refractivity contribution in [1.82, 2.24) is 5.32 Å². The standard InChI is InChI=1S/C15H17Cl2N3O2S/c1-8(2)7-18-15-20-14(22)11(23-15)6-12(21)19-10-5-3-4-9(16)13(10)17/h3-5,8,11H,6-7H2,1-2H3,(H,19,21)(H,18,20,22)/t11-/m1/s1. The number of thioether (sulfide) groups is 1. The molecular formula is C15H17Cl2N3O2S. The molecule has 0 unspecified atom stereocenters. The third-order valence-electron chi connectivity index (χ3n) is 2.97. The van der Waals surface area contributed by atoms with Gasteiger partial charge < -0.3 is 10.6 Å². The molecule has 0 aromatic heterocycles. The molecule has 0 radical (unpaired) electrons. The Kier molecular flexibility index (Phi) is 6.33. The van der Waals surface area contributed by atoms with E-state index in [1.807, 2.05) is 13.8 Å². The largest absolute Gasteiger partial charge is 0.325 e. The van der Waals surface area contributed by atoms with E-state index in [9.17, 15) is 9.59 Å². The highest BCUT2D eigenvalue weighted by molar-refractivity contribution is 8.15. The fraction of sp³-hybridized carbons (Fsp3) is 0.400. The maximum absolute atomic E-state index is 12.1. The summed E-state index contributed by atoms with van der Waals surface area (Å²) < 4.78 is 0. The molecule has 0 aliphatic carbocycles. The highest BCUT2D eigenvalue weighted by Gasteiger charge is 2.32. The van der Waals surface area contributed by atoms with Crippen molar-refractivity contribution >= 4 is 57.6 Å². The molecule has 124 valence electrons. The summed E-state index contributed by atoms with van der Waals surface area (Å²) in [6.07, 6.45) is 0.0417. The number of rotatable bonds is 5. The van der Waals surface area contributed by atoms with Crippen molar-refractivity contribution in [2.45, 2.75) is 25.5 Å². The number of nitrogens with one attached hydrogen (secondary N) is 2. The van der Waals surface area contributed by atoms with Crippen LogP contribution in [0.1, 0.15) is 20.3 Å². The molecule has 0 spiro atoms. The Morgan fingerprint density at radius 2 is 2.17 bits per heavy atom.